The molecule has 0 spiro atoms. The Balaban J connectivity index is 1.78. The Labute approximate surface area is 115 Å². The summed E-state index contributed by atoms with van der Waals surface area (Å²) in [5.74, 6) is 1.79. The number of benzene rings is 1. The fourth-order valence-electron chi connectivity index (χ4n) is 3.36. The molecule has 2 unspecified atom stereocenters. The fraction of sp³-hybridized carbons (Fsp3) is 0.500. The largest absolute Gasteiger partial charge is 0.397 e. The van der Waals surface area contributed by atoms with E-state index in [1.54, 1.807) is 4.90 Å². The van der Waals surface area contributed by atoms with Gasteiger partial charge in [-0.25, -0.2) is 0 Å². The molecule has 0 bridgehead atoms. The van der Waals surface area contributed by atoms with E-state index in [9.17, 15) is 4.79 Å². The summed E-state index contributed by atoms with van der Waals surface area (Å²) >= 11 is 3.38. The summed E-state index contributed by atoms with van der Waals surface area (Å²) in [4.78, 5) is 14.1. The van der Waals surface area contributed by atoms with Gasteiger partial charge in [0.1, 0.15) is 0 Å². The lowest BCUT2D eigenvalue weighted by Gasteiger charge is -2.20. The SMILES string of the molecule is CN(C(=O)C1C2CCCC21)c1ccc(Br)cc1N. The maximum absolute atomic E-state index is 12.4. The van der Waals surface area contributed by atoms with Gasteiger partial charge in [-0.15, -0.1) is 0 Å². The van der Waals surface area contributed by atoms with Crippen molar-refractivity contribution in [2.75, 3.05) is 17.7 Å². The number of carbonyl (C=O) groups is 1. The van der Waals surface area contributed by atoms with Gasteiger partial charge >= 0.3 is 0 Å². The number of anilines is 2. The highest BCUT2D eigenvalue weighted by atomic mass is 79.9. The Kier molecular flexibility index (Phi) is 2.85. The molecular formula is C14H17BrN2O. The van der Waals surface area contributed by atoms with Crippen LogP contribution in [0.4, 0.5) is 11.4 Å². The number of nitrogens with two attached hydrogens (primary N) is 1. The molecule has 1 aromatic carbocycles. The van der Waals surface area contributed by atoms with Crippen LogP contribution in [0.1, 0.15) is 19.3 Å². The Morgan fingerprint density at radius 3 is 2.67 bits per heavy atom. The highest BCUT2D eigenvalue weighted by molar-refractivity contribution is 9.10. The minimum Gasteiger partial charge on any atom is -0.397 e. The molecule has 3 rings (SSSR count). The van der Waals surface area contributed by atoms with Crippen molar-refractivity contribution in [3.8, 4) is 0 Å². The highest BCUT2D eigenvalue weighted by Gasteiger charge is 2.57. The summed E-state index contributed by atoms with van der Waals surface area (Å²) in [5, 5.41) is 0. The number of fused-ring (bicyclic) bond motifs is 1. The Hall–Kier alpha value is -1.03. The van der Waals surface area contributed by atoms with Crippen LogP contribution in [0.15, 0.2) is 22.7 Å². The Morgan fingerprint density at radius 1 is 1.39 bits per heavy atom. The van der Waals surface area contributed by atoms with E-state index in [0.717, 1.165) is 10.2 Å². The van der Waals surface area contributed by atoms with Crippen molar-refractivity contribution in [2.24, 2.45) is 17.8 Å². The molecule has 3 nitrogen and oxygen atoms in total. The van der Waals surface area contributed by atoms with Crippen LogP contribution in [-0.4, -0.2) is 13.0 Å². The lowest BCUT2D eigenvalue weighted by molar-refractivity contribution is -0.120. The van der Waals surface area contributed by atoms with Crippen molar-refractivity contribution in [1.82, 2.24) is 0 Å². The van der Waals surface area contributed by atoms with Crippen molar-refractivity contribution in [1.29, 1.82) is 0 Å². The van der Waals surface area contributed by atoms with Crippen LogP contribution >= 0.6 is 15.9 Å². The van der Waals surface area contributed by atoms with Crippen molar-refractivity contribution in [2.45, 2.75) is 19.3 Å². The zero-order chi connectivity index (χ0) is 12.9. The van der Waals surface area contributed by atoms with Gasteiger partial charge < -0.3 is 10.6 Å². The first kappa shape index (κ1) is 12.0. The predicted octanol–water partition coefficient (Wildman–Crippen LogP) is 3.04. The molecule has 0 heterocycles. The van der Waals surface area contributed by atoms with E-state index in [4.69, 9.17) is 5.73 Å². The zero-order valence-electron chi connectivity index (χ0n) is 10.4. The van der Waals surface area contributed by atoms with Gasteiger partial charge in [0.15, 0.2) is 0 Å². The summed E-state index contributed by atoms with van der Waals surface area (Å²) in [6.07, 6.45) is 3.75. The summed E-state index contributed by atoms with van der Waals surface area (Å²) in [5.41, 5.74) is 7.43. The van der Waals surface area contributed by atoms with Gasteiger partial charge in [0.2, 0.25) is 5.91 Å². The second-order valence-electron chi connectivity index (χ2n) is 5.38. The molecule has 2 N–H and O–H groups in total. The van der Waals surface area contributed by atoms with Crippen LogP contribution < -0.4 is 10.6 Å². The minimum atomic E-state index is 0.235. The molecule has 96 valence electrons. The van der Waals surface area contributed by atoms with E-state index in [1.807, 2.05) is 25.2 Å². The van der Waals surface area contributed by atoms with Gasteiger partial charge in [-0.3, -0.25) is 4.79 Å². The van der Waals surface area contributed by atoms with E-state index in [2.05, 4.69) is 15.9 Å². The molecule has 2 aliphatic carbocycles. The molecule has 0 aliphatic heterocycles. The maximum atomic E-state index is 12.4. The van der Waals surface area contributed by atoms with Gasteiger partial charge in [0.25, 0.3) is 0 Å². The van der Waals surface area contributed by atoms with Gasteiger partial charge in [0, 0.05) is 17.4 Å². The number of rotatable bonds is 2. The first-order valence-electron chi connectivity index (χ1n) is 6.42. The Morgan fingerprint density at radius 2 is 2.06 bits per heavy atom. The minimum absolute atomic E-state index is 0.235. The third-order valence-electron chi connectivity index (χ3n) is 4.37. The predicted molar refractivity (Wildman–Crippen MR) is 76.3 cm³/mol. The average molecular weight is 309 g/mol. The molecule has 0 aromatic heterocycles. The van der Waals surface area contributed by atoms with Crippen molar-refractivity contribution < 1.29 is 4.79 Å². The fourth-order valence-corrected chi connectivity index (χ4v) is 3.74. The second-order valence-corrected chi connectivity index (χ2v) is 6.30. The molecule has 2 fully saturated rings. The lowest BCUT2D eigenvalue weighted by Crippen LogP contribution is -2.29. The van der Waals surface area contributed by atoms with Crippen LogP contribution in [0.3, 0.4) is 0 Å². The van der Waals surface area contributed by atoms with E-state index >= 15 is 0 Å². The number of carbonyl (C=O) groups excluding carboxylic acids is 1. The number of nitrogen functional groups attached to an aromatic ring is 1. The number of halogens is 1. The average Bonchev–Trinajstić information content (AvgIpc) is 2.80. The first-order valence-corrected chi connectivity index (χ1v) is 7.21. The van der Waals surface area contributed by atoms with E-state index < -0.39 is 0 Å². The molecule has 2 aliphatic rings. The first-order chi connectivity index (χ1) is 8.59. The molecule has 2 atom stereocenters. The van der Waals surface area contributed by atoms with E-state index in [-0.39, 0.29) is 11.8 Å². The summed E-state index contributed by atoms with van der Waals surface area (Å²) < 4.78 is 0.938. The lowest BCUT2D eigenvalue weighted by atomic mass is 10.1. The molecule has 18 heavy (non-hydrogen) atoms. The summed E-state index contributed by atoms with van der Waals surface area (Å²) in [6, 6.07) is 5.66. The number of hydrogen-bond acceptors (Lipinski definition) is 2. The van der Waals surface area contributed by atoms with Crippen molar-refractivity contribution in [3.05, 3.63) is 22.7 Å². The third-order valence-corrected chi connectivity index (χ3v) is 4.87. The van der Waals surface area contributed by atoms with Crippen molar-refractivity contribution in [3.63, 3.8) is 0 Å². The van der Waals surface area contributed by atoms with Crippen LogP contribution in [0.2, 0.25) is 0 Å². The third kappa shape index (κ3) is 1.83. The summed E-state index contributed by atoms with van der Waals surface area (Å²) in [6.45, 7) is 0. The van der Waals surface area contributed by atoms with Gasteiger partial charge in [-0.2, -0.15) is 0 Å². The van der Waals surface area contributed by atoms with Gasteiger partial charge in [-0.1, -0.05) is 22.4 Å². The monoisotopic (exact) mass is 308 g/mol. The maximum Gasteiger partial charge on any atom is 0.230 e. The normalized spacial score (nSPS) is 28.9. The number of nitrogens with zero attached hydrogens (tertiary/aromatic N) is 1. The van der Waals surface area contributed by atoms with E-state index in [1.165, 1.54) is 19.3 Å². The molecule has 0 radical (unpaired) electrons. The topological polar surface area (TPSA) is 46.3 Å². The summed E-state index contributed by atoms with van der Waals surface area (Å²) in [7, 11) is 1.83. The quantitative estimate of drug-likeness (QED) is 0.854. The van der Waals surface area contributed by atoms with Crippen molar-refractivity contribution >= 4 is 33.2 Å². The number of amides is 1. The molecule has 1 aromatic rings. The molecule has 0 saturated heterocycles. The van der Waals surface area contributed by atoms with Crippen LogP contribution in [0, 0.1) is 17.8 Å². The van der Waals surface area contributed by atoms with E-state index in [0.29, 0.717) is 17.5 Å². The van der Waals surface area contributed by atoms with Crippen LogP contribution in [-0.2, 0) is 4.79 Å². The molecule has 2 saturated carbocycles. The van der Waals surface area contributed by atoms with Crippen LogP contribution in [0.5, 0.6) is 0 Å². The second kappa shape index (κ2) is 4.26. The Bertz CT molecular complexity index is 493. The molecular weight excluding hydrogens is 292 g/mol. The standard InChI is InChI=1S/C14H17BrN2O/c1-17(12-6-5-8(15)7-11(12)16)14(18)13-9-3-2-4-10(9)13/h5-7,9-10,13H,2-4,16H2,1H3. The molecule has 4 heteroatoms. The smallest absolute Gasteiger partial charge is 0.230 e. The van der Waals surface area contributed by atoms with Crippen LogP contribution in [0.25, 0.3) is 0 Å². The molecule has 1 amide bonds. The zero-order valence-corrected chi connectivity index (χ0v) is 12.0. The highest BCUT2D eigenvalue weighted by Crippen LogP contribution is 2.58. The number of hydrogen-bond donors (Lipinski definition) is 1. The van der Waals surface area contributed by atoms with Gasteiger partial charge in [-0.05, 0) is 42.9 Å². The van der Waals surface area contributed by atoms with Gasteiger partial charge in [0.05, 0.1) is 11.4 Å².